The number of halogens is 1. The van der Waals surface area contributed by atoms with Crippen LogP contribution >= 0.6 is 11.6 Å². The lowest BCUT2D eigenvalue weighted by atomic mass is 10.1. The van der Waals surface area contributed by atoms with Crippen LogP contribution < -0.4 is 4.74 Å². The summed E-state index contributed by atoms with van der Waals surface area (Å²) < 4.78 is 11.4. The van der Waals surface area contributed by atoms with Crippen molar-refractivity contribution in [1.82, 2.24) is 4.90 Å². The van der Waals surface area contributed by atoms with Crippen LogP contribution in [0.2, 0.25) is 5.02 Å². The van der Waals surface area contributed by atoms with Crippen molar-refractivity contribution < 1.29 is 14.3 Å². The molecule has 1 amide bonds. The second-order valence-electron chi connectivity index (χ2n) is 6.82. The fraction of sp³-hybridized carbons (Fsp3) is 0.409. The molecule has 1 heterocycles. The van der Waals surface area contributed by atoms with Crippen molar-refractivity contribution in [2.75, 3.05) is 19.8 Å². The highest BCUT2D eigenvalue weighted by Crippen LogP contribution is 2.20. The van der Waals surface area contributed by atoms with E-state index in [4.69, 9.17) is 21.1 Å². The minimum atomic E-state index is 0.00231. The molecule has 4 nitrogen and oxygen atoms in total. The molecule has 27 heavy (non-hydrogen) atoms. The van der Waals surface area contributed by atoms with Gasteiger partial charge in [-0.2, -0.15) is 0 Å². The maximum absolute atomic E-state index is 13.1. The third kappa shape index (κ3) is 5.72. The molecule has 0 spiro atoms. The Bertz CT molecular complexity index is 724. The molecule has 1 aliphatic heterocycles. The van der Waals surface area contributed by atoms with Crippen LogP contribution in [-0.4, -0.2) is 36.7 Å². The first-order valence-corrected chi connectivity index (χ1v) is 9.91. The Morgan fingerprint density at radius 3 is 2.56 bits per heavy atom. The highest BCUT2D eigenvalue weighted by Gasteiger charge is 2.23. The van der Waals surface area contributed by atoms with Crippen molar-refractivity contribution in [3.8, 4) is 5.75 Å². The Hall–Kier alpha value is -2.04. The summed E-state index contributed by atoms with van der Waals surface area (Å²) >= 11 is 5.98. The number of carbonyl (C=O) groups is 1. The summed E-state index contributed by atoms with van der Waals surface area (Å²) in [4.78, 5) is 15.0. The van der Waals surface area contributed by atoms with Gasteiger partial charge in [0.1, 0.15) is 5.75 Å². The number of carbonyl (C=O) groups excluding carboxylic acids is 1. The minimum absolute atomic E-state index is 0.00231. The standard InChI is InChI=1S/C22H26ClNO3/c1-2-13-26-20-11-7-18(8-12-20)22(25)24(16-21-4-3-14-27-21)15-17-5-9-19(23)10-6-17/h5-12,21H,2-4,13-16H2,1H3/t21-/m1/s1. The highest BCUT2D eigenvalue weighted by atomic mass is 35.5. The lowest BCUT2D eigenvalue weighted by Crippen LogP contribution is -2.36. The molecule has 0 aromatic heterocycles. The van der Waals surface area contributed by atoms with Gasteiger partial charge in [0, 0.05) is 30.3 Å². The lowest BCUT2D eigenvalue weighted by molar-refractivity contribution is 0.0507. The second-order valence-corrected chi connectivity index (χ2v) is 7.26. The highest BCUT2D eigenvalue weighted by molar-refractivity contribution is 6.30. The van der Waals surface area contributed by atoms with E-state index in [1.54, 1.807) is 0 Å². The molecule has 1 saturated heterocycles. The number of amides is 1. The molecular formula is C22H26ClNO3. The molecular weight excluding hydrogens is 362 g/mol. The summed E-state index contributed by atoms with van der Waals surface area (Å²) in [6, 6.07) is 15.0. The first-order valence-electron chi connectivity index (χ1n) is 9.54. The third-order valence-electron chi connectivity index (χ3n) is 4.60. The molecule has 0 unspecified atom stereocenters. The summed E-state index contributed by atoms with van der Waals surface area (Å²) in [7, 11) is 0. The van der Waals surface area contributed by atoms with Crippen LogP contribution in [-0.2, 0) is 11.3 Å². The van der Waals surface area contributed by atoms with Gasteiger partial charge in [0.2, 0.25) is 0 Å². The van der Waals surface area contributed by atoms with Crippen LogP contribution in [0.3, 0.4) is 0 Å². The van der Waals surface area contributed by atoms with E-state index >= 15 is 0 Å². The molecule has 0 saturated carbocycles. The van der Waals surface area contributed by atoms with Crippen molar-refractivity contribution in [2.24, 2.45) is 0 Å². The van der Waals surface area contributed by atoms with Crippen LogP contribution in [0.25, 0.3) is 0 Å². The van der Waals surface area contributed by atoms with Crippen LogP contribution in [0, 0.1) is 0 Å². The molecule has 0 aliphatic carbocycles. The molecule has 0 N–H and O–H groups in total. The molecule has 2 aromatic rings. The molecule has 1 aliphatic rings. The predicted octanol–water partition coefficient (Wildman–Crippen LogP) is 4.95. The van der Waals surface area contributed by atoms with E-state index in [1.807, 2.05) is 53.4 Å². The van der Waals surface area contributed by atoms with E-state index in [0.717, 1.165) is 37.2 Å². The maximum atomic E-state index is 13.1. The monoisotopic (exact) mass is 387 g/mol. The zero-order chi connectivity index (χ0) is 19.1. The van der Waals surface area contributed by atoms with E-state index in [1.165, 1.54) is 0 Å². The van der Waals surface area contributed by atoms with Gasteiger partial charge in [-0.25, -0.2) is 0 Å². The zero-order valence-electron chi connectivity index (χ0n) is 15.7. The Morgan fingerprint density at radius 2 is 1.93 bits per heavy atom. The van der Waals surface area contributed by atoms with Gasteiger partial charge in [0.15, 0.2) is 0 Å². The number of nitrogens with zero attached hydrogens (tertiary/aromatic N) is 1. The van der Waals surface area contributed by atoms with Gasteiger partial charge in [-0.1, -0.05) is 30.7 Å². The number of hydrogen-bond acceptors (Lipinski definition) is 3. The van der Waals surface area contributed by atoms with E-state index in [0.29, 0.717) is 30.3 Å². The molecule has 144 valence electrons. The molecule has 2 aromatic carbocycles. The number of benzene rings is 2. The average molecular weight is 388 g/mol. The molecule has 0 radical (unpaired) electrons. The summed E-state index contributed by atoms with van der Waals surface area (Å²) in [6.45, 7) is 4.64. The number of ether oxygens (including phenoxy) is 2. The first kappa shape index (κ1) is 19.7. The third-order valence-corrected chi connectivity index (χ3v) is 4.85. The van der Waals surface area contributed by atoms with Crippen molar-refractivity contribution in [2.45, 2.75) is 38.8 Å². The van der Waals surface area contributed by atoms with Crippen LogP contribution in [0.1, 0.15) is 42.1 Å². The van der Waals surface area contributed by atoms with Gasteiger partial charge in [0.05, 0.1) is 12.7 Å². The van der Waals surface area contributed by atoms with Crippen LogP contribution in [0.4, 0.5) is 0 Å². The molecule has 0 bridgehead atoms. The van der Waals surface area contributed by atoms with Crippen molar-refractivity contribution >= 4 is 17.5 Å². The predicted molar refractivity (Wildman–Crippen MR) is 107 cm³/mol. The fourth-order valence-corrected chi connectivity index (χ4v) is 3.29. The minimum Gasteiger partial charge on any atom is -0.494 e. The summed E-state index contributed by atoms with van der Waals surface area (Å²) in [5, 5.41) is 0.693. The Morgan fingerprint density at radius 1 is 1.19 bits per heavy atom. The van der Waals surface area contributed by atoms with E-state index in [-0.39, 0.29) is 12.0 Å². The number of rotatable bonds is 8. The van der Waals surface area contributed by atoms with E-state index in [2.05, 4.69) is 6.92 Å². The van der Waals surface area contributed by atoms with E-state index < -0.39 is 0 Å². The Balaban J connectivity index is 1.73. The SMILES string of the molecule is CCCOc1ccc(C(=O)N(Cc2ccc(Cl)cc2)C[C@H]2CCCO2)cc1. The topological polar surface area (TPSA) is 38.8 Å². The first-order chi connectivity index (χ1) is 13.2. The van der Waals surface area contributed by atoms with Gasteiger partial charge in [-0.15, -0.1) is 0 Å². The lowest BCUT2D eigenvalue weighted by Gasteiger charge is -2.26. The fourth-order valence-electron chi connectivity index (χ4n) is 3.16. The number of hydrogen-bond donors (Lipinski definition) is 0. The zero-order valence-corrected chi connectivity index (χ0v) is 16.5. The quantitative estimate of drug-likeness (QED) is 0.643. The summed E-state index contributed by atoms with van der Waals surface area (Å²) in [6.07, 6.45) is 3.11. The largest absolute Gasteiger partial charge is 0.494 e. The van der Waals surface area contributed by atoms with Gasteiger partial charge < -0.3 is 14.4 Å². The summed E-state index contributed by atoms with van der Waals surface area (Å²) in [5.41, 5.74) is 1.71. The second kappa shape index (κ2) is 9.77. The molecule has 1 atom stereocenters. The normalized spacial score (nSPS) is 16.3. The molecule has 1 fully saturated rings. The van der Waals surface area contributed by atoms with Gasteiger partial charge in [-0.05, 0) is 61.2 Å². The maximum Gasteiger partial charge on any atom is 0.254 e. The van der Waals surface area contributed by atoms with Gasteiger partial charge in [0.25, 0.3) is 5.91 Å². The van der Waals surface area contributed by atoms with Crippen molar-refractivity contribution in [3.63, 3.8) is 0 Å². The van der Waals surface area contributed by atoms with Gasteiger partial charge in [-0.3, -0.25) is 4.79 Å². The van der Waals surface area contributed by atoms with E-state index in [9.17, 15) is 4.79 Å². The van der Waals surface area contributed by atoms with Gasteiger partial charge >= 0.3 is 0 Å². The van der Waals surface area contributed by atoms with Crippen molar-refractivity contribution in [1.29, 1.82) is 0 Å². The Labute approximate surface area is 166 Å². The smallest absolute Gasteiger partial charge is 0.254 e. The summed E-state index contributed by atoms with van der Waals surface area (Å²) in [5.74, 6) is 0.791. The Kier molecular flexibility index (Phi) is 7.13. The average Bonchev–Trinajstić information content (AvgIpc) is 3.20. The van der Waals surface area contributed by atoms with Crippen molar-refractivity contribution in [3.05, 3.63) is 64.7 Å². The molecule has 5 heteroatoms. The van der Waals surface area contributed by atoms with Crippen LogP contribution in [0.15, 0.2) is 48.5 Å². The molecule has 3 rings (SSSR count). The van der Waals surface area contributed by atoms with Crippen LogP contribution in [0.5, 0.6) is 5.75 Å².